The van der Waals surface area contributed by atoms with Gasteiger partial charge in [-0.25, -0.2) is 4.79 Å². The minimum absolute atomic E-state index is 0.0434. The Labute approximate surface area is 146 Å². The topological polar surface area (TPSA) is 65.4 Å². The lowest BCUT2D eigenvalue weighted by Crippen LogP contribution is -2.52. The maximum atomic E-state index is 12.8. The van der Waals surface area contributed by atoms with E-state index >= 15 is 0 Å². The van der Waals surface area contributed by atoms with Gasteiger partial charge in [0.15, 0.2) is 5.17 Å². The van der Waals surface area contributed by atoms with Crippen LogP contribution in [0.2, 0.25) is 0 Å². The maximum Gasteiger partial charge on any atom is 0.344 e. The van der Waals surface area contributed by atoms with Crippen molar-refractivity contribution in [3.05, 3.63) is 35.9 Å². The molecule has 7 heteroatoms. The highest BCUT2D eigenvalue weighted by Crippen LogP contribution is 2.45. The summed E-state index contributed by atoms with van der Waals surface area (Å²) in [6.07, 6.45) is 1.52. The van der Waals surface area contributed by atoms with E-state index in [1.165, 1.54) is 5.06 Å². The van der Waals surface area contributed by atoms with Crippen molar-refractivity contribution in [1.82, 2.24) is 9.96 Å². The Morgan fingerprint density at radius 2 is 2.17 bits per heavy atom. The van der Waals surface area contributed by atoms with Gasteiger partial charge < -0.3 is 10.1 Å². The minimum Gasteiger partial charge on any atom is -0.410 e. The summed E-state index contributed by atoms with van der Waals surface area (Å²) < 4.78 is 0. The Bertz CT molecular complexity index is 639. The van der Waals surface area contributed by atoms with Gasteiger partial charge in [-0.05, 0) is 23.8 Å². The highest BCUT2D eigenvalue weighted by Gasteiger charge is 2.56. The molecule has 0 aromatic heterocycles. The molecular weight excluding hydrogens is 330 g/mol. The van der Waals surface area contributed by atoms with Crippen LogP contribution in [0.25, 0.3) is 0 Å². The zero-order valence-electron chi connectivity index (χ0n) is 13.9. The fourth-order valence-electron chi connectivity index (χ4n) is 3.57. The van der Waals surface area contributed by atoms with E-state index < -0.39 is 6.04 Å². The van der Waals surface area contributed by atoms with Crippen molar-refractivity contribution < 1.29 is 14.8 Å². The van der Waals surface area contributed by atoms with E-state index in [-0.39, 0.29) is 22.7 Å². The molecule has 0 saturated carbocycles. The Morgan fingerprint density at radius 3 is 2.79 bits per heavy atom. The number of oxime groups is 1. The van der Waals surface area contributed by atoms with Crippen LogP contribution in [0.1, 0.15) is 32.3 Å². The first-order chi connectivity index (χ1) is 11.5. The largest absolute Gasteiger partial charge is 0.410 e. The number of rotatable bonds is 5. The van der Waals surface area contributed by atoms with Gasteiger partial charge in [0.1, 0.15) is 6.61 Å². The van der Waals surface area contributed by atoms with Crippen LogP contribution in [0.15, 0.2) is 35.5 Å². The number of hydroxylamine groups is 2. The number of nitrogens with zero attached hydrogens (tertiary/aromatic N) is 3. The quantitative estimate of drug-likeness (QED) is 0.502. The van der Waals surface area contributed by atoms with Gasteiger partial charge in [0.25, 0.3) is 0 Å². The van der Waals surface area contributed by atoms with Gasteiger partial charge in [0.2, 0.25) is 0 Å². The first-order valence-corrected chi connectivity index (χ1v) is 8.52. The summed E-state index contributed by atoms with van der Waals surface area (Å²) in [6, 6.07) is 9.08. The number of hydrogen-bond acceptors (Lipinski definition) is 4. The summed E-state index contributed by atoms with van der Waals surface area (Å²) in [7, 11) is 0. The Morgan fingerprint density at radius 1 is 1.46 bits per heavy atom. The Kier molecular flexibility index (Phi) is 4.69. The summed E-state index contributed by atoms with van der Waals surface area (Å²) in [6.45, 7) is 5.08. The average molecular weight is 352 g/mol. The summed E-state index contributed by atoms with van der Waals surface area (Å²) >= 11 is 6.05. The molecule has 3 atom stereocenters. The number of piperidine rings is 1. The van der Waals surface area contributed by atoms with Crippen molar-refractivity contribution in [2.75, 3.05) is 6.54 Å². The smallest absolute Gasteiger partial charge is 0.344 e. The Balaban J connectivity index is 1.82. The van der Waals surface area contributed by atoms with E-state index in [2.05, 4.69) is 19.0 Å². The van der Waals surface area contributed by atoms with Crippen LogP contribution in [-0.2, 0) is 11.4 Å². The number of halogens is 1. The molecule has 2 aliphatic rings. The molecule has 0 radical (unpaired) electrons. The van der Waals surface area contributed by atoms with Crippen molar-refractivity contribution >= 4 is 22.8 Å². The molecule has 3 rings (SSSR count). The van der Waals surface area contributed by atoms with E-state index in [0.29, 0.717) is 19.6 Å². The van der Waals surface area contributed by atoms with Gasteiger partial charge in [-0.2, -0.15) is 5.06 Å². The molecule has 1 aromatic rings. The van der Waals surface area contributed by atoms with Gasteiger partial charge in [-0.3, -0.25) is 4.84 Å². The number of urea groups is 1. The standard InChI is InChI=1S/C17H22ClN3O3/c1-3-17(2)9-13(15(18)19-23)20-10-14(17)21(16(20)22)24-11-12-7-5-4-6-8-12/h4-8,13-14,23H,3,9-11H2,1-2H3/b19-15-/t13-,14+,17?/m0/s1. The van der Waals surface area contributed by atoms with Crippen molar-refractivity contribution in [1.29, 1.82) is 0 Å². The number of carbonyl (C=O) groups is 1. The molecule has 1 N–H and O–H groups in total. The third-order valence-electron chi connectivity index (χ3n) is 5.32. The van der Waals surface area contributed by atoms with Gasteiger partial charge >= 0.3 is 6.03 Å². The minimum atomic E-state index is -0.407. The van der Waals surface area contributed by atoms with Crippen molar-refractivity contribution in [2.24, 2.45) is 10.6 Å². The second-order valence-corrected chi connectivity index (χ2v) is 7.07. The highest BCUT2D eigenvalue weighted by molar-refractivity contribution is 6.66. The first kappa shape index (κ1) is 17.0. The lowest BCUT2D eigenvalue weighted by molar-refractivity contribution is -0.163. The van der Waals surface area contributed by atoms with E-state index in [4.69, 9.17) is 21.6 Å². The lowest BCUT2D eigenvalue weighted by Gasteiger charge is -2.43. The van der Waals surface area contributed by atoms with Crippen LogP contribution in [0.3, 0.4) is 0 Å². The Hall–Kier alpha value is -1.79. The monoisotopic (exact) mass is 351 g/mol. The summed E-state index contributed by atoms with van der Waals surface area (Å²) in [4.78, 5) is 20.3. The number of fused-ring (bicyclic) bond motifs is 2. The van der Waals surface area contributed by atoms with Gasteiger partial charge in [-0.1, -0.05) is 60.9 Å². The summed E-state index contributed by atoms with van der Waals surface area (Å²) in [5, 5.41) is 13.7. The number of amides is 2. The predicted octanol–water partition coefficient (Wildman–Crippen LogP) is 3.44. The summed E-state index contributed by atoms with van der Waals surface area (Å²) in [5.74, 6) is 0. The second-order valence-electron chi connectivity index (χ2n) is 6.69. The first-order valence-electron chi connectivity index (χ1n) is 8.14. The fourth-order valence-corrected chi connectivity index (χ4v) is 3.77. The zero-order valence-corrected chi connectivity index (χ0v) is 14.6. The molecule has 2 amide bonds. The lowest BCUT2D eigenvalue weighted by atomic mass is 9.72. The third-order valence-corrected chi connectivity index (χ3v) is 5.65. The van der Waals surface area contributed by atoms with E-state index in [9.17, 15) is 4.79 Å². The van der Waals surface area contributed by atoms with E-state index in [1.54, 1.807) is 4.90 Å². The van der Waals surface area contributed by atoms with Crippen LogP contribution < -0.4 is 0 Å². The molecule has 130 valence electrons. The summed E-state index contributed by atoms with van der Waals surface area (Å²) in [5.41, 5.74) is 0.848. The number of benzene rings is 1. The van der Waals surface area contributed by atoms with Crippen molar-refractivity contribution in [3.8, 4) is 0 Å². The molecule has 1 aromatic carbocycles. The van der Waals surface area contributed by atoms with Crippen LogP contribution in [0, 0.1) is 5.41 Å². The SMILES string of the molecule is CCC1(C)C[C@@H](/C(Cl)=N/O)N2C[C@H]1N(OCc1ccccc1)C2=O. The van der Waals surface area contributed by atoms with E-state index in [0.717, 1.165) is 12.0 Å². The molecule has 1 unspecified atom stereocenters. The molecule has 0 spiro atoms. The zero-order chi connectivity index (χ0) is 17.3. The number of hydrogen-bond donors (Lipinski definition) is 1. The molecule has 24 heavy (non-hydrogen) atoms. The van der Waals surface area contributed by atoms with Crippen LogP contribution in [0.4, 0.5) is 4.79 Å². The highest BCUT2D eigenvalue weighted by atomic mass is 35.5. The van der Waals surface area contributed by atoms with Gasteiger partial charge in [0, 0.05) is 6.54 Å². The van der Waals surface area contributed by atoms with Crippen LogP contribution in [0.5, 0.6) is 0 Å². The van der Waals surface area contributed by atoms with Crippen LogP contribution in [-0.4, -0.2) is 45.0 Å². The third kappa shape index (κ3) is 2.84. The molecule has 2 aliphatic heterocycles. The maximum absolute atomic E-state index is 12.8. The second kappa shape index (κ2) is 6.61. The molecule has 6 nitrogen and oxygen atoms in total. The van der Waals surface area contributed by atoms with Crippen molar-refractivity contribution in [2.45, 2.75) is 45.4 Å². The molecular formula is C17H22ClN3O3. The van der Waals surface area contributed by atoms with Gasteiger partial charge in [0.05, 0.1) is 12.1 Å². The molecule has 2 saturated heterocycles. The average Bonchev–Trinajstić information content (AvgIpc) is 2.91. The predicted molar refractivity (Wildman–Crippen MR) is 90.8 cm³/mol. The fraction of sp³-hybridized carbons (Fsp3) is 0.529. The normalized spacial score (nSPS) is 30.1. The van der Waals surface area contributed by atoms with Crippen LogP contribution >= 0.6 is 11.6 Å². The molecule has 2 fully saturated rings. The van der Waals surface area contributed by atoms with Gasteiger partial charge in [-0.15, -0.1) is 0 Å². The molecule has 2 heterocycles. The van der Waals surface area contributed by atoms with E-state index in [1.807, 2.05) is 30.3 Å². The number of carbonyl (C=O) groups excluding carboxylic acids is 1. The molecule has 2 bridgehead atoms. The van der Waals surface area contributed by atoms with Crippen molar-refractivity contribution in [3.63, 3.8) is 0 Å². The molecule has 0 aliphatic carbocycles.